The predicted molar refractivity (Wildman–Crippen MR) is 62.8 cm³/mol. The molecule has 0 fully saturated rings. The Morgan fingerprint density at radius 2 is 1.93 bits per heavy atom. The molecule has 0 saturated carbocycles. The molecule has 4 N–H and O–H groups in total. The highest BCUT2D eigenvalue weighted by Gasteiger charge is 2.13. The van der Waals surface area contributed by atoms with Crippen molar-refractivity contribution >= 4 is 12.4 Å². The molecule has 0 saturated heterocycles. The minimum atomic E-state index is -0.222. The van der Waals surface area contributed by atoms with Crippen LogP contribution in [-0.4, -0.2) is 20.8 Å². The molecule has 0 aliphatic heterocycles. The molecule has 86 valence electrons. The smallest absolute Gasteiger partial charge is 0.165 e. The summed E-state index contributed by atoms with van der Waals surface area (Å²) in [6, 6.07) is 5.36. The van der Waals surface area contributed by atoms with Gasteiger partial charge in [-0.2, -0.15) is 0 Å². The number of rotatable bonds is 4. The van der Waals surface area contributed by atoms with Gasteiger partial charge in [0.15, 0.2) is 11.5 Å². The van der Waals surface area contributed by atoms with Crippen LogP contribution in [0.3, 0.4) is 0 Å². The summed E-state index contributed by atoms with van der Waals surface area (Å²) in [6.07, 6.45) is 0. The lowest BCUT2D eigenvalue weighted by Gasteiger charge is -2.16. The summed E-state index contributed by atoms with van der Waals surface area (Å²) in [5.74, 6) is 1.34. The maximum Gasteiger partial charge on any atom is 0.165 e. The van der Waals surface area contributed by atoms with Crippen molar-refractivity contribution in [2.45, 2.75) is 6.04 Å². The van der Waals surface area contributed by atoms with Crippen molar-refractivity contribution < 1.29 is 9.47 Å². The van der Waals surface area contributed by atoms with Crippen LogP contribution < -0.4 is 20.9 Å². The SMILES string of the molecule is COc1cccc([C@@H](N)CN)c1OC.Cl. The summed E-state index contributed by atoms with van der Waals surface area (Å²) >= 11 is 0. The highest BCUT2D eigenvalue weighted by molar-refractivity contribution is 5.85. The van der Waals surface area contributed by atoms with Crippen molar-refractivity contribution in [3.8, 4) is 11.5 Å². The van der Waals surface area contributed by atoms with Gasteiger partial charge in [0, 0.05) is 18.2 Å². The van der Waals surface area contributed by atoms with Crippen molar-refractivity contribution in [3.63, 3.8) is 0 Å². The Morgan fingerprint density at radius 1 is 1.27 bits per heavy atom. The fraction of sp³-hybridized carbons (Fsp3) is 0.400. The lowest BCUT2D eigenvalue weighted by atomic mass is 10.1. The first-order valence-corrected chi connectivity index (χ1v) is 4.41. The molecule has 0 amide bonds. The third-order valence-corrected chi connectivity index (χ3v) is 2.09. The quantitative estimate of drug-likeness (QED) is 0.815. The number of hydrogen-bond acceptors (Lipinski definition) is 4. The zero-order valence-electron chi connectivity index (χ0n) is 8.90. The van der Waals surface area contributed by atoms with Gasteiger partial charge in [0.1, 0.15) is 0 Å². The van der Waals surface area contributed by atoms with Gasteiger partial charge < -0.3 is 20.9 Å². The van der Waals surface area contributed by atoms with Crippen LogP contribution in [0.15, 0.2) is 18.2 Å². The van der Waals surface area contributed by atoms with Crippen molar-refractivity contribution in [2.24, 2.45) is 11.5 Å². The minimum Gasteiger partial charge on any atom is -0.493 e. The van der Waals surface area contributed by atoms with E-state index in [0.29, 0.717) is 18.0 Å². The number of hydrogen-bond donors (Lipinski definition) is 2. The Labute approximate surface area is 96.0 Å². The maximum atomic E-state index is 5.83. The highest BCUT2D eigenvalue weighted by Crippen LogP contribution is 2.33. The molecule has 0 aliphatic carbocycles. The van der Waals surface area contributed by atoms with Gasteiger partial charge in [0.2, 0.25) is 0 Å². The number of halogens is 1. The lowest BCUT2D eigenvalue weighted by Crippen LogP contribution is -2.21. The van der Waals surface area contributed by atoms with E-state index in [2.05, 4.69) is 0 Å². The van der Waals surface area contributed by atoms with E-state index >= 15 is 0 Å². The van der Waals surface area contributed by atoms with E-state index in [0.717, 1.165) is 5.56 Å². The third-order valence-electron chi connectivity index (χ3n) is 2.09. The molecule has 1 atom stereocenters. The van der Waals surface area contributed by atoms with Crippen LogP contribution in [0, 0.1) is 0 Å². The Kier molecular flexibility index (Phi) is 6.08. The van der Waals surface area contributed by atoms with Crippen molar-refractivity contribution in [2.75, 3.05) is 20.8 Å². The molecule has 0 heterocycles. The van der Waals surface area contributed by atoms with E-state index in [4.69, 9.17) is 20.9 Å². The first-order chi connectivity index (χ1) is 6.74. The van der Waals surface area contributed by atoms with E-state index in [1.165, 1.54) is 0 Å². The molecular weight excluding hydrogens is 216 g/mol. The normalized spacial score (nSPS) is 11.5. The van der Waals surface area contributed by atoms with E-state index in [9.17, 15) is 0 Å². The number of ether oxygens (including phenoxy) is 2. The molecule has 0 spiro atoms. The van der Waals surface area contributed by atoms with Crippen LogP contribution in [0.5, 0.6) is 11.5 Å². The first kappa shape index (κ1) is 14.0. The zero-order chi connectivity index (χ0) is 10.6. The van der Waals surface area contributed by atoms with Gasteiger partial charge in [-0.25, -0.2) is 0 Å². The van der Waals surface area contributed by atoms with Crippen LogP contribution >= 0.6 is 12.4 Å². The van der Waals surface area contributed by atoms with Crippen molar-refractivity contribution in [3.05, 3.63) is 23.8 Å². The fourth-order valence-electron chi connectivity index (χ4n) is 1.33. The largest absolute Gasteiger partial charge is 0.493 e. The highest BCUT2D eigenvalue weighted by atomic mass is 35.5. The molecule has 0 radical (unpaired) electrons. The van der Waals surface area contributed by atoms with Gasteiger partial charge in [0.25, 0.3) is 0 Å². The van der Waals surface area contributed by atoms with Gasteiger partial charge in [-0.05, 0) is 6.07 Å². The van der Waals surface area contributed by atoms with Gasteiger partial charge in [-0.3, -0.25) is 0 Å². The van der Waals surface area contributed by atoms with Crippen molar-refractivity contribution in [1.29, 1.82) is 0 Å². The number of benzene rings is 1. The summed E-state index contributed by atoms with van der Waals surface area (Å²) < 4.78 is 10.4. The van der Waals surface area contributed by atoms with Gasteiger partial charge in [-0.15, -0.1) is 12.4 Å². The van der Waals surface area contributed by atoms with Crippen LogP contribution in [0.1, 0.15) is 11.6 Å². The monoisotopic (exact) mass is 232 g/mol. The average molecular weight is 233 g/mol. The Morgan fingerprint density at radius 3 is 2.40 bits per heavy atom. The Hall–Kier alpha value is -0.970. The standard InChI is InChI=1S/C10H16N2O2.ClH/c1-13-9-5-3-4-7(8(12)6-11)10(9)14-2;/h3-5,8H,6,11-12H2,1-2H3;1H/t8-;/m0./s1. The lowest BCUT2D eigenvalue weighted by molar-refractivity contribution is 0.349. The maximum absolute atomic E-state index is 5.83. The molecule has 0 bridgehead atoms. The molecule has 0 aliphatic rings. The van der Waals surface area contributed by atoms with E-state index in [-0.39, 0.29) is 18.4 Å². The Balaban J connectivity index is 0.00000196. The number of methoxy groups -OCH3 is 2. The summed E-state index contributed by atoms with van der Waals surface area (Å²) in [5, 5.41) is 0. The van der Waals surface area contributed by atoms with Crippen LogP contribution in [0.4, 0.5) is 0 Å². The summed E-state index contributed by atoms with van der Waals surface area (Å²) in [5.41, 5.74) is 12.2. The van der Waals surface area contributed by atoms with Gasteiger partial charge in [0.05, 0.1) is 14.2 Å². The predicted octanol–water partition coefficient (Wildman–Crippen LogP) is 1.08. The minimum absolute atomic E-state index is 0. The third kappa shape index (κ3) is 2.99. The zero-order valence-corrected chi connectivity index (χ0v) is 9.71. The Bertz CT molecular complexity index is 307. The second-order valence-electron chi connectivity index (χ2n) is 2.92. The van der Waals surface area contributed by atoms with Crippen molar-refractivity contribution in [1.82, 2.24) is 0 Å². The summed E-state index contributed by atoms with van der Waals surface area (Å²) in [4.78, 5) is 0. The van der Waals surface area contributed by atoms with E-state index in [1.807, 2.05) is 18.2 Å². The first-order valence-electron chi connectivity index (χ1n) is 4.41. The summed E-state index contributed by atoms with van der Waals surface area (Å²) in [6.45, 7) is 0.378. The topological polar surface area (TPSA) is 70.5 Å². The van der Waals surface area contributed by atoms with Gasteiger partial charge in [-0.1, -0.05) is 12.1 Å². The van der Waals surface area contributed by atoms with Crippen LogP contribution in [0.2, 0.25) is 0 Å². The fourth-order valence-corrected chi connectivity index (χ4v) is 1.33. The second kappa shape index (κ2) is 6.50. The van der Waals surface area contributed by atoms with Crippen LogP contribution in [-0.2, 0) is 0 Å². The molecular formula is C10H17ClN2O2. The number of nitrogens with two attached hydrogens (primary N) is 2. The molecule has 0 unspecified atom stereocenters. The summed E-state index contributed by atoms with van der Waals surface area (Å²) in [7, 11) is 3.18. The molecule has 1 aromatic carbocycles. The second-order valence-corrected chi connectivity index (χ2v) is 2.92. The average Bonchev–Trinajstić information content (AvgIpc) is 2.26. The molecule has 5 heteroatoms. The molecule has 1 aromatic rings. The molecule has 1 rings (SSSR count). The van der Waals surface area contributed by atoms with E-state index in [1.54, 1.807) is 14.2 Å². The van der Waals surface area contributed by atoms with E-state index < -0.39 is 0 Å². The molecule has 4 nitrogen and oxygen atoms in total. The van der Waals surface area contributed by atoms with Crippen LogP contribution in [0.25, 0.3) is 0 Å². The number of para-hydroxylation sites is 1. The molecule has 15 heavy (non-hydrogen) atoms. The van der Waals surface area contributed by atoms with Gasteiger partial charge >= 0.3 is 0 Å². The molecule has 0 aromatic heterocycles.